The number of alkyl halides is 5. The van der Waals surface area contributed by atoms with Gasteiger partial charge >= 0.3 is 12.3 Å². The van der Waals surface area contributed by atoms with Crippen LogP contribution in [0.2, 0.25) is 0 Å². The van der Waals surface area contributed by atoms with Crippen molar-refractivity contribution in [3.8, 4) is 45.1 Å². The quantitative estimate of drug-likeness (QED) is 0.198. The molecule has 0 bridgehead atoms. The normalized spacial score (nSPS) is 13.2. The lowest BCUT2D eigenvalue weighted by Gasteiger charge is -2.16. The first kappa shape index (κ1) is 33.6. The Balaban J connectivity index is 1.73. The van der Waals surface area contributed by atoms with Gasteiger partial charge in [-0.2, -0.15) is 13.9 Å². The third kappa shape index (κ3) is 6.72. The monoisotopic (exact) mass is 681 g/mol. The molecule has 3 aromatic carbocycles. The van der Waals surface area contributed by atoms with E-state index in [-0.39, 0.29) is 33.8 Å². The Kier molecular flexibility index (Phi) is 8.67. The van der Waals surface area contributed by atoms with Gasteiger partial charge in [-0.3, -0.25) is 4.68 Å². The van der Waals surface area contributed by atoms with E-state index in [1.807, 2.05) is 0 Å². The Bertz CT molecular complexity index is 2060. The molecule has 17 heteroatoms. The Morgan fingerprint density at radius 2 is 1.60 bits per heavy atom. The fourth-order valence-corrected chi connectivity index (χ4v) is 5.85. The number of aliphatic hydroxyl groups excluding tert-OH is 2. The van der Waals surface area contributed by atoms with Crippen LogP contribution >= 0.6 is 0 Å². The number of rotatable bonds is 9. The first-order chi connectivity index (χ1) is 21.9. The van der Waals surface area contributed by atoms with E-state index < -0.39 is 62.6 Å². The van der Waals surface area contributed by atoms with E-state index in [1.54, 1.807) is 0 Å². The largest absolute Gasteiger partial charge is 0.573 e. The number of nitrogens with zero attached hydrogens (tertiary/aromatic N) is 5. The Morgan fingerprint density at radius 1 is 0.936 bits per heavy atom. The molecule has 2 aromatic heterocycles. The maximum atomic E-state index is 15.1. The van der Waals surface area contributed by atoms with Crippen LogP contribution in [0.5, 0.6) is 5.75 Å². The Labute approximate surface area is 263 Å². The molecule has 0 saturated carbocycles. The van der Waals surface area contributed by atoms with Crippen LogP contribution in [0.15, 0.2) is 71.8 Å². The van der Waals surface area contributed by atoms with Crippen LogP contribution in [0.1, 0.15) is 18.2 Å². The van der Waals surface area contributed by atoms with Gasteiger partial charge in [-0.05, 0) is 66.6 Å². The summed E-state index contributed by atoms with van der Waals surface area (Å²) in [4.78, 5) is -0.445. The van der Waals surface area contributed by atoms with E-state index in [2.05, 4.69) is 20.1 Å². The van der Waals surface area contributed by atoms with Gasteiger partial charge in [0.1, 0.15) is 23.4 Å². The fraction of sp³-hybridized carbons (Fsp3) is 0.233. The Hall–Kier alpha value is -4.74. The molecule has 248 valence electrons. The van der Waals surface area contributed by atoms with Crippen LogP contribution in [0.3, 0.4) is 0 Å². The molecule has 0 saturated heterocycles. The molecule has 0 amide bonds. The first-order valence-electron chi connectivity index (χ1n) is 13.6. The highest BCUT2D eigenvalue weighted by Gasteiger charge is 2.41. The number of hydrogen-bond donors (Lipinski definition) is 2. The van der Waals surface area contributed by atoms with Gasteiger partial charge in [-0.1, -0.05) is 17.3 Å². The van der Waals surface area contributed by atoms with E-state index in [9.17, 15) is 40.6 Å². The SMILES string of the molecule is CC(O)C(F)(F)c1cc(-c2ccc(-c3cc(F)c(CO)c(S(C)(=O)=O)c3)cc2-n2nncc2-c2ccc(OC(F)(F)F)cc2)n(C)n1. The molecule has 0 aliphatic rings. The summed E-state index contributed by atoms with van der Waals surface area (Å²) >= 11 is 0. The summed E-state index contributed by atoms with van der Waals surface area (Å²) in [6.45, 7) is 0.0287. The molecule has 2 heterocycles. The first-order valence-corrected chi connectivity index (χ1v) is 15.5. The maximum Gasteiger partial charge on any atom is 0.573 e. The van der Waals surface area contributed by atoms with Crippen molar-refractivity contribution in [1.29, 1.82) is 0 Å². The maximum absolute atomic E-state index is 15.1. The van der Waals surface area contributed by atoms with Gasteiger partial charge < -0.3 is 14.9 Å². The molecule has 0 fully saturated rings. The Morgan fingerprint density at radius 3 is 2.19 bits per heavy atom. The zero-order valence-electron chi connectivity index (χ0n) is 24.7. The molecule has 0 aliphatic carbocycles. The summed E-state index contributed by atoms with van der Waals surface area (Å²) in [6.07, 6.45) is -4.84. The van der Waals surface area contributed by atoms with Crippen LogP contribution in [-0.4, -0.2) is 62.1 Å². The van der Waals surface area contributed by atoms with Gasteiger partial charge in [0.2, 0.25) is 0 Å². The second-order valence-corrected chi connectivity index (χ2v) is 12.5. The minimum absolute atomic E-state index is 0.0783. The van der Waals surface area contributed by atoms with Gasteiger partial charge in [0.25, 0.3) is 0 Å². The number of halogens is 6. The molecule has 0 radical (unpaired) electrons. The molecular formula is C30H25F6N5O5S. The average Bonchev–Trinajstić information content (AvgIpc) is 3.63. The van der Waals surface area contributed by atoms with E-state index in [0.717, 1.165) is 42.1 Å². The summed E-state index contributed by atoms with van der Waals surface area (Å²) in [5.74, 6) is -5.20. The molecular weight excluding hydrogens is 656 g/mol. The van der Waals surface area contributed by atoms with E-state index in [0.29, 0.717) is 5.56 Å². The zero-order chi connectivity index (χ0) is 34.5. The summed E-state index contributed by atoms with van der Waals surface area (Å²) in [5, 5.41) is 31.2. The number of aryl methyl sites for hydroxylation is 1. The van der Waals surface area contributed by atoms with E-state index >= 15 is 4.39 Å². The van der Waals surface area contributed by atoms with E-state index in [1.165, 1.54) is 54.3 Å². The van der Waals surface area contributed by atoms with Crippen LogP contribution in [0, 0.1) is 5.82 Å². The molecule has 0 spiro atoms. The van der Waals surface area contributed by atoms with Crippen molar-refractivity contribution in [3.05, 3.63) is 83.9 Å². The molecule has 1 unspecified atom stereocenters. The number of aromatic nitrogens is 5. The predicted octanol–water partition coefficient (Wildman–Crippen LogP) is 5.41. The van der Waals surface area contributed by atoms with Crippen LogP contribution in [0.25, 0.3) is 39.3 Å². The summed E-state index contributed by atoms with van der Waals surface area (Å²) in [7, 11) is -2.61. The van der Waals surface area contributed by atoms with Gasteiger partial charge in [-0.15, -0.1) is 18.3 Å². The lowest BCUT2D eigenvalue weighted by Crippen LogP contribution is -2.28. The second kappa shape index (κ2) is 12.1. The average molecular weight is 682 g/mol. The van der Waals surface area contributed by atoms with Crippen molar-refractivity contribution in [3.63, 3.8) is 0 Å². The summed E-state index contributed by atoms with van der Waals surface area (Å²) in [6, 6.07) is 12.4. The van der Waals surface area contributed by atoms with Gasteiger partial charge in [-0.25, -0.2) is 17.5 Å². The van der Waals surface area contributed by atoms with Crippen LogP contribution in [0.4, 0.5) is 26.3 Å². The van der Waals surface area contributed by atoms with Gasteiger partial charge in [0.05, 0.1) is 34.8 Å². The standard InChI is InChI=1S/C30H25F6N5O5S/c1-16(43)29(32,33)28-13-24(40(2)38-28)21-9-6-18(19-10-23(31)22(15-42)27(12-19)47(3,44)45)11-25(21)41-26(14-37-39-41)17-4-7-20(8-5-17)46-30(34,35)36/h4-14,16,42-43H,15H2,1-3H3. The topological polar surface area (TPSA) is 132 Å². The van der Waals surface area contributed by atoms with Crippen LogP contribution < -0.4 is 4.74 Å². The van der Waals surface area contributed by atoms with Gasteiger partial charge in [0.15, 0.2) is 9.84 Å². The minimum atomic E-state index is -4.92. The van der Waals surface area contributed by atoms with E-state index in [4.69, 9.17) is 0 Å². The summed E-state index contributed by atoms with van der Waals surface area (Å²) < 4.78 is 114. The number of aliphatic hydroxyl groups is 2. The van der Waals surface area contributed by atoms with Crippen molar-refractivity contribution in [2.24, 2.45) is 7.05 Å². The number of sulfone groups is 1. The fourth-order valence-electron chi connectivity index (χ4n) is 4.90. The van der Waals surface area contributed by atoms with Crippen molar-refractivity contribution < 1.29 is 49.7 Å². The number of ether oxygens (including phenoxy) is 1. The number of benzene rings is 3. The smallest absolute Gasteiger partial charge is 0.406 e. The molecule has 5 rings (SSSR count). The number of hydrogen-bond acceptors (Lipinski definition) is 8. The molecule has 10 nitrogen and oxygen atoms in total. The van der Waals surface area contributed by atoms with Crippen molar-refractivity contribution in [2.45, 2.75) is 36.8 Å². The lowest BCUT2D eigenvalue weighted by atomic mass is 9.98. The molecule has 5 aromatic rings. The van der Waals surface area contributed by atoms with Crippen molar-refractivity contribution in [2.75, 3.05) is 6.26 Å². The molecule has 2 N–H and O–H groups in total. The predicted molar refractivity (Wildman–Crippen MR) is 156 cm³/mol. The van der Waals surface area contributed by atoms with Crippen molar-refractivity contribution in [1.82, 2.24) is 24.8 Å². The van der Waals surface area contributed by atoms with Crippen molar-refractivity contribution >= 4 is 9.84 Å². The molecule has 0 aliphatic heterocycles. The minimum Gasteiger partial charge on any atom is -0.406 e. The highest BCUT2D eigenvalue weighted by atomic mass is 32.2. The van der Waals surface area contributed by atoms with Crippen LogP contribution in [-0.2, 0) is 29.4 Å². The summed E-state index contributed by atoms with van der Waals surface area (Å²) in [5.41, 5.74) is 0.213. The zero-order valence-corrected chi connectivity index (χ0v) is 25.5. The molecule has 1 atom stereocenters. The third-order valence-corrected chi connectivity index (χ3v) is 8.39. The lowest BCUT2D eigenvalue weighted by molar-refractivity contribution is -0.274. The third-order valence-electron chi connectivity index (χ3n) is 7.23. The van der Waals surface area contributed by atoms with Gasteiger partial charge in [0, 0.05) is 30.0 Å². The second-order valence-electron chi connectivity index (χ2n) is 10.5. The highest BCUT2D eigenvalue weighted by Crippen LogP contribution is 2.38. The molecule has 47 heavy (non-hydrogen) atoms. The highest BCUT2D eigenvalue weighted by molar-refractivity contribution is 7.90.